The smallest absolute Gasteiger partial charge is 0.307 e. The Hall–Kier alpha value is -2.41. The van der Waals surface area contributed by atoms with Crippen LogP contribution in [0.2, 0.25) is 0 Å². The number of carbonyl (C=O) groups is 2. The SMILES string of the molecule is Cc1cccc(NC(=O)COC(=O)CCSc2ccc(F)c(F)c2)c1C. The summed E-state index contributed by atoms with van der Waals surface area (Å²) in [7, 11) is 0. The maximum Gasteiger partial charge on any atom is 0.307 e. The van der Waals surface area contributed by atoms with Gasteiger partial charge in [-0.2, -0.15) is 0 Å². The maximum absolute atomic E-state index is 13.1. The van der Waals surface area contributed by atoms with Crippen LogP contribution in [0, 0.1) is 25.5 Å². The van der Waals surface area contributed by atoms with Gasteiger partial charge in [0.2, 0.25) is 0 Å². The Morgan fingerprint density at radius 2 is 1.88 bits per heavy atom. The number of nitrogens with one attached hydrogen (secondary N) is 1. The Morgan fingerprint density at radius 3 is 2.62 bits per heavy atom. The molecule has 2 aromatic carbocycles. The highest BCUT2D eigenvalue weighted by molar-refractivity contribution is 7.99. The van der Waals surface area contributed by atoms with Crippen molar-refractivity contribution in [1.82, 2.24) is 0 Å². The van der Waals surface area contributed by atoms with Gasteiger partial charge in [-0.05, 0) is 49.2 Å². The van der Waals surface area contributed by atoms with Crippen LogP contribution in [-0.4, -0.2) is 24.2 Å². The Balaban J connectivity index is 1.71. The zero-order valence-electron chi connectivity index (χ0n) is 14.5. The quantitative estimate of drug-likeness (QED) is 0.577. The van der Waals surface area contributed by atoms with Crippen LogP contribution in [0.5, 0.6) is 0 Å². The molecule has 138 valence electrons. The summed E-state index contributed by atoms with van der Waals surface area (Å²) in [6, 6.07) is 9.10. The van der Waals surface area contributed by atoms with Gasteiger partial charge in [0.15, 0.2) is 18.2 Å². The lowest BCUT2D eigenvalue weighted by atomic mass is 10.1. The molecule has 0 spiro atoms. The highest BCUT2D eigenvalue weighted by atomic mass is 32.2. The van der Waals surface area contributed by atoms with E-state index in [1.54, 1.807) is 6.07 Å². The van der Waals surface area contributed by atoms with Crippen molar-refractivity contribution in [2.45, 2.75) is 25.2 Å². The van der Waals surface area contributed by atoms with Crippen LogP contribution in [-0.2, 0) is 14.3 Å². The lowest BCUT2D eigenvalue weighted by molar-refractivity contribution is -0.146. The Bertz CT molecular complexity index is 811. The molecular formula is C19H19F2NO3S. The van der Waals surface area contributed by atoms with Crippen molar-refractivity contribution in [2.24, 2.45) is 0 Å². The third-order valence-corrected chi connectivity index (χ3v) is 4.70. The first-order valence-electron chi connectivity index (χ1n) is 7.96. The van der Waals surface area contributed by atoms with Gasteiger partial charge < -0.3 is 10.1 Å². The first-order chi connectivity index (χ1) is 12.4. The first-order valence-corrected chi connectivity index (χ1v) is 8.95. The van der Waals surface area contributed by atoms with Gasteiger partial charge in [0, 0.05) is 16.3 Å². The molecule has 0 aromatic heterocycles. The van der Waals surface area contributed by atoms with Gasteiger partial charge in [-0.3, -0.25) is 9.59 Å². The predicted octanol–water partition coefficient (Wildman–Crippen LogP) is 4.25. The number of benzene rings is 2. The number of rotatable bonds is 7. The zero-order chi connectivity index (χ0) is 19.1. The molecule has 0 radical (unpaired) electrons. The molecule has 0 saturated heterocycles. The molecule has 2 aromatic rings. The normalized spacial score (nSPS) is 10.5. The van der Waals surface area contributed by atoms with Crippen LogP contribution in [0.4, 0.5) is 14.5 Å². The van der Waals surface area contributed by atoms with Gasteiger partial charge in [0.25, 0.3) is 5.91 Å². The highest BCUT2D eigenvalue weighted by Crippen LogP contribution is 2.21. The number of halogens is 2. The van der Waals surface area contributed by atoms with E-state index in [2.05, 4.69) is 5.32 Å². The summed E-state index contributed by atoms with van der Waals surface area (Å²) < 4.78 is 30.8. The minimum Gasteiger partial charge on any atom is -0.456 e. The molecule has 0 unspecified atom stereocenters. The largest absolute Gasteiger partial charge is 0.456 e. The summed E-state index contributed by atoms with van der Waals surface area (Å²) in [6.07, 6.45) is 0.0560. The van der Waals surface area contributed by atoms with Crippen molar-refractivity contribution >= 4 is 29.3 Å². The molecule has 0 aliphatic rings. The van der Waals surface area contributed by atoms with Crippen LogP contribution in [0.1, 0.15) is 17.5 Å². The van der Waals surface area contributed by atoms with Gasteiger partial charge >= 0.3 is 5.97 Å². The molecular weight excluding hydrogens is 360 g/mol. The van der Waals surface area contributed by atoms with E-state index in [1.807, 2.05) is 26.0 Å². The number of aryl methyl sites for hydroxylation is 1. The predicted molar refractivity (Wildman–Crippen MR) is 97.2 cm³/mol. The molecule has 2 rings (SSSR count). The fourth-order valence-corrected chi connectivity index (χ4v) is 2.97. The molecule has 0 atom stereocenters. The van der Waals surface area contributed by atoms with E-state index in [-0.39, 0.29) is 13.0 Å². The number of hydrogen-bond donors (Lipinski definition) is 1. The van der Waals surface area contributed by atoms with Gasteiger partial charge in [-0.25, -0.2) is 8.78 Å². The maximum atomic E-state index is 13.1. The Morgan fingerprint density at radius 1 is 1.12 bits per heavy atom. The molecule has 0 heterocycles. The first kappa shape index (κ1) is 19.9. The van der Waals surface area contributed by atoms with Crippen molar-refractivity contribution in [2.75, 3.05) is 17.7 Å². The van der Waals surface area contributed by atoms with Crippen LogP contribution >= 0.6 is 11.8 Å². The average molecular weight is 379 g/mol. The van der Waals surface area contributed by atoms with E-state index in [0.29, 0.717) is 16.3 Å². The fourth-order valence-electron chi connectivity index (χ4n) is 2.11. The van der Waals surface area contributed by atoms with E-state index in [1.165, 1.54) is 17.8 Å². The van der Waals surface area contributed by atoms with Crippen molar-refractivity contribution in [1.29, 1.82) is 0 Å². The van der Waals surface area contributed by atoms with E-state index in [4.69, 9.17) is 4.74 Å². The lowest BCUT2D eigenvalue weighted by Gasteiger charge is -2.10. The lowest BCUT2D eigenvalue weighted by Crippen LogP contribution is -2.21. The molecule has 4 nitrogen and oxygen atoms in total. The third-order valence-electron chi connectivity index (χ3n) is 3.71. The Kier molecular flexibility index (Phi) is 7.15. The number of esters is 1. The van der Waals surface area contributed by atoms with E-state index < -0.39 is 23.5 Å². The average Bonchev–Trinajstić information content (AvgIpc) is 2.60. The second-order valence-corrected chi connectivity index (χ2v) is 6.80. The monoisotopic (exact) mass is 379 g/mol. The van der Waals surface area contributed by atoms with Crippen LogP contribution < -0.4 is 5.32 Å². The van der Waals surface area contributed by atoms with E-state index >= 15 is 0 Å². The molecule has 0 bridgehead atoms. The minimum absolute atomic E-state index is 0.0560. The van der Waals surface area contributed by atoms with Crippen molar-refractivity contribution < 1.29 is 23.1 Å². The van der Waals surface area contributed by atoms with Crippen LogP contribution in [0.25, 0.3) is 0 Å². The molecule has 0 aliphatic heterocycles. The van der Waals surface area contributed by atoms with Crippen molar-refractivity contribution in [3.8, 4) is 0 Å². The molecule has 26 heavy (non-hydrogen) atoms. The molecule has 0 saturated carbocycles. The summed E-state index contributed by atoms with van der Waals surface area (Å²) in [5, 5.41) is 2.70. The van der Waals surface area contributed by atoms with Crippen molar-refractivity contribution in [3.05, 3.63) is 59.2 Å². The summed E-state index contributed by atoms with van der Waals surface area (Å²) >= 11 is 1.20. The fraction of sp³-hybridized carbons (Fsp3) is 0.263. The number of thioether (sulfide) groups is 1. The molecule has 0 aliphatic carbocycles. The molecule has 7 heteroatoms. The number of carbonyl (C=O) groups excluding carboxylic acids is 2. The number of ether oxygens (including phenoxy) is 1. The number of anilines is 1. The van der Waals surface area contributed by atoms with Gasteiger partial charge in [-0.1, -0.05) is 12.1 Å². The number of hydrogen-bond acceptors (Lipinski definition) is 4. The van der Waals surface area contributed by atoms with Crippen LogP contribution in [0.15, 0.2) is 41.3 Å². The standard InChI is InChI=1S/C19H19F2NO3S/c1-12-4-3-5-17(13(12)2)22-18(23)11-25-19(24)8-9-26-14-6-7-15(20)16(21)10-14/h3-7,10H,8-9,11H2,1-2H3,(H,22,23). The van der Waals surface area contributed by atoms with Crippen LogP contribution in [0.3, 0.4) is 0 Å². The molecule has 1 amide bonds. The van der Waals surface area contributed by atoms with E-state index in [9.17, 15) is 18.4 Å². The second-order valence-electron chi connectivity index (χ2n) is 5.63. The second kappa shape index (κ2) is 9.33. The third kappa shape index (κ3) is 5.84. The van der Waals surface area contributed by atoms with Gasteiger partial charge in [0.1, 0.15) is 0 Å². The summed E-state index contributed by atoms with van der Waals surface area (Å²) in [5.74, 6) is -2.46. The summed E-state index contributed by atoms with van der Waals surface area (Å²) in [4.78, 5) is 24.1. The summed E-state index contributed by atoms with van der Waals surface area (Å²) in [6.45, 7) is 3.46. The Labute approximate surface area is 154 Å². The topological polar surface area (TPSA) is 55.4 Å². The molecule has 1 N–H and O–H groups in total. The summed E-state index contributed by atoms with van der Waals surface area (Å²) in [5.41, 5.74) is 2.68. The van der Waals surface area contributed by atoms with Crippen molar-refractivity contribution in [3.63, 3.8) is 0 Å². The highest BCUT2D eigenvalue weighted by Gasteiger charge is 2.10. The van der Waals surface area contributed by atoms with Gasteiger partial charge in [0.05, 0.1) is 6.42 Å². The zero-order valence-corrected chi connectivity index (χ0v) is 15.3. The molecule has 0 fully saturated rings. The van der Waals surface area contributed by atoms with E-state index in [0.717, 1.165) is 23.3 Å². The van der Waals surface area contributed by atoms with Gasteiger partial charge in [-0.15, -0.1) is 11.8 Å². The number of amides is 1. The minimum atomic E-state index is -0.930.